The quantitative estimate of drug-likeness (QED) is 0.883. The van der Waals surface area contributed by atoms with Gasteiger partial charge in [-0.15, -0.1) is 12.4 Å². The fourth-order valence-electron chi connectivity index (χ4n) is 2.56. The zero-order valence-electron chi connectivity index (χ0n) is 13.9. The molecule has 0 radical (unpaired) electrons. The Kier molecular flexibility index (Phi) is 7.45. The van der Waals surface area contributed by atoms with E-state index in [9.17, 15) is 9.18 Å². The molecule has 1 fully saturated rings. The van der Waals surface area contributed by atoms with Gasteiger partial charge in [0.1, 0.15) is 11.9 Å². The van der Waals surface area contributed by atoms with Crippen molar-refractivity contribution in [1.29, 1.82) is 0 Å². The van der Waals surface area contributed by atoms with Crippen LogP contribution in [0.5, 0.6) is 0 Å². The number of hydrogen-bond donors (Lipinski definition) is 2. The van der Waals surface area contributed by atoms with Crippen LogP contribution in [0, 0.1) is 11.2 Å². The average Bonchev–Trinajstić information content (AvgIpc) is 2.47. The van der Waals surface area contributed by atoms with Crippen molar-refractivity contribution in [2.24, 2.45) is 5.41 Å². The molecule has 1 aliphatic heterocycles. The van der Waals surface area contributed by atoms with Gasteiger partial charge in [0.25, 0.3) is 5.91 Å². The summed E-state index contributed by atoms with van der Waals surface area (Å²) in [5.74, 6) is -0.393. The fraction of sp³-hybridized carbons (Fsp3) is 0.588. The predicted octanol–water partition coefficient (Wildman–Crippen LogP) is 2.83. The Morgan fingerprint density at radius 2 is 2.04 bits per heavy atom. The number of amides is 1. The van der Waals surface area contributed by atoms with E-state index in [0.717, 1.165) is 18.5 Å². The molecule has 2 N–H and O–H groups in total. The second-order valence-corrected chi connectivity index (χ2v) is 6.94. The molecule has 2 atom stereocenters. The van der Waals surface area contributed by atoms with E-state index < -0.39 is 6.10 Å². The molecule has 0 aromatic heterocycles. The summed E-state index contributed by atoms with van der Waals surface area (Å²) < 4.78 is 18.6. The molecule has 1 heterocycles. The summed E-state index contributed by atoms with van der Waals surface area (Å²) in [5, 5.41) is 6.20. The van der Waals surface area contributed by atoms with Crippen LogP contribution in [-0.4, -0.2) is 31.7 Å². The van der Waals surface area contributed by atoms with Crippen LogP contribution < -0.4 is 10.6 Å². The molecule has 2 unspecified atom stereocenters. The third-order valence-corrected chi connectivity index (χ3v) is 3.63. The zero-order valence-corrected chi connectivity index (χ0v) is 14.7. The largest absolute Gasteiger partial charge is 0.366 e. The van der Waals surface area contributed by atoms with Crippen LogP contribution in [0.2, 0.25) is 0 Å². The summed E-state index contributed by atoms with van der Waals surface area (Å²) in [6.07, 6.45) is 0.307. The second-order valence-electron chi connectivity index (χ2n) is 6.94. The number of ether oxygens (including phenoxy) is 1. The van der Waals surface area contributed by atoms with Gasteiger partial charge in [-0.3, -0.25) is 4.79 Å². The van der Waals surface area contributed by atoms with Crippen LogP contribution in [0.15, 0.2) is 24.3 Å². The molecular weight excluding hydrogens is 319 g/mol. The van der Waals surface area contributed by atoms with Crippen molar-refractivity contribution in [3.63, 3.8) is 0 Å². The third kappa shape index (κ3) is 6.45. The normalized spacial score (nSPS) is 19.6. The minimum atomic E-state index is -0.461. The average molecular weight is 345 g/mol. The standard InChI is InChI=1S/C17H25FN2O2.ClH/c1-17(2,3)10-14(12-4-6-13(18)7-5-12)20-16(21)15-11-19-8-9-22-15;/h4-7,14-15,19H,8-11H2,1-3H3,(H,20,21);1H. The summed E-state index contributed by atoms with van der Waals surface area (Å²) in [5.41, 5.74) is 0.950. The molecule has 1 aromatic carbocycles. The molecule has 0 aliphatic carbocycles. The number of morpholine rings is 1. The van der Waals surface area contributed by atoms with Crippen molar-refractivity contribution in [2.75, 3.05) is 19.7 Å². The third-order valence-electron chi connectivity index (χ3n) is 3.63. The van der Waals surface area contributed by atoms with E-state index in [1.807, 2.05) is 0 Å². The van der Waals surface area contributed by atoms with Crippen molar-refractivity contribution in [3.8, 4) is 0 Å². The molecular formula is C17H26ClFN2O2. The van der Waals surface area contributed by atoms with Gasteiger partial charge in [0.15, 0.2) is 0 Å². The van der Waals surface area contributed by atoms with E-state index >= 15 is 0 Å². The van der Waals surface area contributed by atoms with E-state index in [-0.39, 0.29) is 35.6 Å². The Balaban J connectivity index is 0.00000264. The molecule has 6 heteroatoms. The minimum Gasteiger partial charge on any atom is -0.366 e. The highest BCUT2D eigenvalue weighted by atomic mass is 35.5. The van der Waals surface area contributed by atoms with Gasteiger partial charge in [-0.05, 0) is 29.5 Å². The number of carbonyl (C=O) groups excluding carboxylic acids is 1. The lowest BCUT2D eigenvalue weighted by atomic mass is 9.85. The summed E-state index contributed by atoms with van der Waals surface area (Å²) in [7, 11) is 0. The predicted molar refractivity (Wildman–Crippen MR) is 91.2 cm³/mol. The highest BCUT2D eigenvalue weighted by Crippen LogP contribution is 2.29. The maximum absolute atomic E-state index is 13.1. The maximum Gasteiger partial charge on any atom is 0.250 e. The highest BCUT2D eigenvalue weighted by molar-refractivity contribution is 5.85. The van der Waals surface area contributed by atoms with Gasteiger partial charge in [-0.1, -0.05) is 32.9 Å². The first kappa shape index (κ1) is 19.9. The summed E-state index contributed by atoms with van der Waals surface area (Å²) in [4.78, 5) is 12.4. The molecule has 130 valence electrons. The first-order valence-electron chi connectivity index (χ1n) is 7.73. The molecule has 0 spiro atoms. The van der Waals surface area contributed by atoms with E-state index in [1.165, 1.54) is 12.1 Å². The van der Waals surface area contributed by atoms with Gasteiger partial charge in [-0.2, -0.15) is 0 Å². The van der Waals surface area contributed by atoms with Crippen molar-refractivity contribution >= 4 is 18.3 Å². The van der Waals surface area contributed by atoms with Gasteiger partial charge < -0.3 is 15.4 Å². The number of carbonyl (C=O) groups is 1. The smallest absolute Gasteiger partial charge is 0.250 e. The Morgan fingerprint density at radius 1 is 1.39 bits per heavy atom. The molecule has 1 saturated heterocycles. The van der Waals surface area contributed by atoms with Crippen molar-refractivity contribution in [1.82, 2.24) is 10.6 Å². The maximum atomic E-state index is 13.1. The van der Waals surface area contributed by atoms with E-state index in [0.29, 0.717) is 13.2 Å². The van der Waals surface area contributed by atoms with Gasteiger partial charge in [0.05, 0.1) is 12.6 Å². The van der Waals surface area contributed by atoms with Crippen LogP contribution in [0.3, 0.4) is 0 Å². The van der Waals surface area contributed by atoms with Crippen molar-refractivity contribution in [3.05, 3.63) is 35.6 Å². The lowest BCUT2D eigenvalue weighted by molar-refractivity contribution is -0.135. The number of nitrogens with one attached hydrogen (secondary N) is 2. The molecule has 23 heavy (non-hydrogen) atoms. The van der Waals surface area contributed by atoms with Crippen LogP contribution in [-0.2, 0) is 9.53 Å². The number of halogens is 2. The Morgan fingerprint density at radius 3 is 2.57 bits per heavy atom. The number of rotatable bonds is 4. The van der Waals surface area contributed by atoms with E-state index in [4.69, 9.17) is 4.74 Å². The van der Waals surface area contributed by atoms with Gasteiger partial charge in [-0.25, -0.2) is 4.39 Å². The molecule has 1 aromatic rings. The molecule has 1 amide bonds. The molecule has 0 saturated carbocycles. The monoisotopic (exact) mass is 344 g/mol. The van der Waals surface area contributed by atoms with E-state index in [2.05, 4.69) is 31.4 Å². The SMILES string of the molecule is CC(C)(C)CC(NC(=O)C1CNCCO1)c1ccc(F)cc1.Cl. The number of hydrogen-bond acceptors (Lipinski definition) is 3. The molecule has 2 rings (SSSR count). The minimum absolute atomic E-state index is 0. The van der Waals surface area contributed by atoms with Crippen LogP contribution in [0.1, 0.15) is 38.8 Å². The van der Waals surface area contributed by atoms with Crippen LogP contribution in [0.4, 0.5) is 4.39 Å². The summed E-state index contributed by atoms with van der Waals surface area (Å²) in [6, 6.07) is 6.16. The fourth-order valence-corrected chi connectivity index (χ4v) is 2.56. The van der Waals surface area contributed by atoms with Gasteiger partial charge in [0.2, 0.25) is 0 Å². The number of benzene rings is 1. The van der Waals surface area contributed by atoms with Gasteiger partial charge >= 0.3 is 0 Å². The molecule has 4 nitrogen and oxygen atoms in total. The molecule has 0 bridgehead atoms. The second kappa shape index (κ2) is 8.62. The highest BCUT2D eigenvalue weighted by Gasteiger charge is 2.27. The van der Waals surface area contributed by atoms with Crippen molar-refractivity contribution < 1.29 is 13.9 Å². The molecule has 1 aliphatic rings. The summed E-state index contributed by atoms with van der Waals surface area (Å²) in [6.45, 7) is 8.19. The Hall–Kier alpha value is -1.17. The lowest BCUT2D eigenvalue weighted by Gasteiger charge is -2.30. The topological polar surface area (TPSA) is 50.4 Å². The summed E-state index contributed by atoms with van der Waals surface area (Å²) >= 11 is 0. The van der Waals surface area contributed by atoms with Crippen molar-refractivity contribution in [2.45, 2.75) is 39.3 Å². The first-order valence-corrected chi connectivity index (χ1v) is 7.73. The Labute approximate surface area is 143 Å². The zero-order chi connectivity index (χ0) is 16.2. The lowest BCUT2D eigenvalue weighted by Crippen LogP contribution is -2.48. The van der Waals surface area contributed by atoms with Gasteiger partial charge in [0, 0.05) is 13.1 Å². The first-order chi connectivity index (χ1) is 10.3. The van der Waals surface area contributed by atoms with E-state index in [1.54, 1.807) is 12.1 Å². The Bertz CT molecular complexity index is 496. The van der Waals surface area contributed by atoms with Crippen LogP contribution >= 0.6 is 12.4 Å². The van der Waals surface area contributed by atoms with Crippen LogP contribution in [0.25, 0.3) is 0 Å².